The predicted molar refractivity (Wildman–Crippen MR) is 165 cm³/mol. The lowest BCUT2D eigenvalue weighted by Gasteiger charge is -2.22. The molecular formula is C34H35FN2O4S. The van der Waals surface area contributed by atoms with E-state index in [1.54, 1.807) is 26.1 Å². The van der Waals surface area contributed by atoms with E-state index >= 15 is 0 Å². The maximum Gasteiger partial charge on any atom is 0.345 e. The number of thioether (sulfide) groups is 1. The summed E-state index contributed by atoms with van der Waals surface area (Å²) in [4.78, 5) is 31.1. The zero-order valence-electron chi connectivity index (χ0n) is 23.9. The summed E-state index contributed by atoms with van der Waals surface area (Å²) in [5.74, 6) is 0.393. The first-order chi connectivity index (χ1) is 20.4. The molecule has 5 rings (SSSR count). The molecule has 6 nitrogen and oxygen atoms in total. The van der Waals surface area contributed by atoms with Crippen molar-refractivity contribution in [2.24, 2.45) is 4.99 Å². The van der Waals surface area contributed by atoms with Crippen molar-refractivity contribution < 1.29 is 23.5 Å². The van der Waals surface area contributed by atoms with E-state index in [1.807, 2.05) is 30.3 Å². The normalized spacial score (nSPS) is 18.5. The summed E-state index contributed by atoms with van der Waals surface area (Å²) >= 11 is 1.27. The van der Waals surface area contributed by atoms with Crippen LogP contribution in [0.4, 0.5) is 10.1 Å². The Kier molecular flexibility index (Phi) is 9.74. The van der Waals surface area contributed by atoms with Crippen LogP contribution in [0.15, 0.2) is 82.7 Å². The monoisotopic (exact) mass is 586 g/mol. The van der Waals surface area contributed by atoms with Gasteiger partial charge < -0.3 is 9.47 Å². The Morgan fingerprint density at radius 2 is 1.71 bits per heavy atom. The highest BCUT2D eigenvalue weighted by atomic mass is 32.2. The number of rotatable bonds is 9. The van der Waals surface area contributed by atoms with Crippen LogP contribution >= 0.6 is 11.8 Å². The van der Waals surface area contributed by atoms with Gasteiger partial charge in [0.25, 0.3) is 5.91 Å². The number of likely N-dealkylation sites (N-methyl/N-ethyl adjacent to an activating group) is 1. The summed E-state index contributed by atoms with van der Waals surface area (Å²) in [6.07, 6.45) is 6.60. The summed E-state index contributed by atoms with van der Waals surface area (Å²) in [6.45, 7) is 2.25. The Morgan fingerprint density at radius 1 is 1.02 bits per heavy atom. The van der Waals surface area contributed by atoms with Crippen LogP contribution in [0.5, 0.6) is 5.75 Å². The second-order valence-corrected chi connectivity index (χ2v) is 11.5. The van der Waals surface area contributed by atoms with E-state index in [4.69, 9.17) is 9.47 Å². The van der Waals surface area contributed by atoms with Crippen LogP contribution in [0.2, 0.25) is 0 Å². The average Bonchev–Trinajstić information content (AvgIpc) is 3.29. The molecule has 0 radical (unpaired) electrons. The summed E-state index contributed by atoms with van der Waals surface area (Å²) in [7, 11) is 1.67. The lowest BCUT2D eigenvalue weighted by Crippen LogP contribution is -2.23. The molecule has 1 aliphatic heterocycles. The average molecular weight is 587 g/mol. The van der Waals surface area contributed by atoms with Crippen molar-refractivity contribution in [3.63, 3.8) is 0 Å². The number of esters is 1. The summed E-state index contributed by atoms with van der Waals surface area (Å²) < 4.78 is 25.0. The van der Waals surface area contributed by atoms with Crippen molar-refractivity contribution in [2.45, 2.75) is 57.7 Å². The minimum Gasteiger partial charge on any atom is -0.489 e. The van der Waals surface area contributed by atoms with Crippen molar-refractivity contribution in [3.05, 3.63) is 100.0 Å². The number of amides is 1. The van der Waals surface area contributed by atoms with E-state index in [-0.39, 0.29) is 18.1 Å². The molecule has 0 spiro atoms. The van der Waals surface area contributed by atoms with E-state index in [9.17, 15) is 14.0 Å². The third-order valence-corrected chi connectivity index (χ3v) is 8.61. The van der Waals surface area contributed by atoms with Crippen molar-refractivity contribution in [1.82, 2.24) is 4.90 Å². The van der Waals surface area contributed by atoms with Gasteiger partial charge >= 0.3 is 5.97 Å². The molecule has 1 saturated heterocycles. The van der Waals surface area contributed by atoms with Crippen LogP contribution < -0.4 is 4.74 Å². The highest BCUT2D eigenvalue weighted by Crippen LogP contribution is 2.34. The SMILES string of the molecule is CCOC(=O)C(F)c1ccc(N=C2SC(=Cc3ccc(OCc4ccc(C5CCCCC5)cc4)cc3)C(=O)N2C)cc1. The van der Waals surface area contributed by atoms with Crippen LogP contribution in [0.3, 0.4) is 0 Å². The summed E-state index contributed by atoms with van der Waals surface area (Å²) in [6, 6.07) is 22.7. The molecule has 0 aromatic heterocycles. The molecule has 2 aliphatic rings. The van der Waals surface area contributed by atoms with Gasteiger partial charge in [-0.1, -0.05) is 67.8 Å². The maximum atomic E-state index is 14.3. The third-order valence-electron chi connectivity index (χ3n) is 7.55. The minimum atomic E-state index is -1.85. The first-order valence-corrected chi connectivity index (χ1v) is 15.2. The number of benzene rings is 3. The quantitative estimate of drug-likeness (QED) is 0.187. The van der Waals surface area contributed by atoms with E-state index in [1.165, 1.54) is 66.5 Å². The van der Waals surface area contributed by atoms with Crippen molar-refractivity contribution >= 4 is 40.6 Å². The minimum absolute atomic E-state index is 0.117. The molecule has 1 aliphatic carbocycles. The lowest BCUT2D eigenvalue weighted by molar-refractivity contribution is -0.149. The molecule has 8 heteroatoms. The van der Waals surface area contributed by atoms with Gasteiger partial charge in [0.2, 0.25) is 6.17 Å². The highest BCUT2D eigenvalue weighted by molar-refractivity contribution is 8.18. The second kappa shape index (κ2) is 13.8. The van der Waals surface area contributed by atoms with E-state index in [2.05, 4.69) is 29.3 Å². The number of alkyl halides is 1. The Hall–Kier alpha value is -3.91. The van der Waals surface area contributed by atoms with Gasteiger partial charge in [-0.3, -0.25) is 9.69 Å². The molecule has 3 aromatic rings. The number of carbonyl (C=O) groups excluding carboxylic acids is 2. The standard InChI is InChI=1S/C34H35FN2O4S/c1-3-40-33(39)31(35)27-15-17-28(18-16-27)36-34-37(2)32(38)30(42-34)21-23-11-19-29(20-12-23)41-22-24-9-13-26(14-10-24)25-7-5-4-6-8-25/h9-21,25,31H,3-8,22H2,1-2H3. The van der Waals surface area contributed by atoms with Crippen LogP contribution in [0, 0.1) is 0 Å². The van der Waals surface area contributed by atoms with Crippen molar-refractivity contribution in [2.75, 3.05) is 13.7 Å². The van der Waals surface area contributed by atoms with E-state index in [0.29, 0.717) is 28.3 Å². The predicted octanol–water partition coefficient (Wildman–Crippen LogP) is 8.12. The number of carbonyl (C=O) groups is 2. The lowest BCUT2D eigenvalue weighted by atomic mass is 9.84. The van der Waals surface area contributed by atoms with Gasteiger partial charge in [0.05, 0.1) is 17.2 Å². The van der Waals surface area contributed by atoms with Crippen molar-refractivity contribution in [3.8, 4) is 5.75 Å². The molecule has 3 aromatic carbocycles. The van der Waals surface area contributed by atoms with Gasteiger partial charge in [0, 0.05) is 7.05 Å². The molecular weight excluding hydrogens is 551 g/mol. The Morgan fingerprint density at radius 3 is 2.38 bits per heavy atom. The first-order valence-electron chi connectivity index (χ1n) is 14.4. The van der Waals surface area contributed by atoms with Gasteiger partial charge in [0.1, 0.15) is 12.4 Å². The zero-order chi connectivity index (χ0) is 29.5. The molecule has 1 heterocycles. The van der Waals surface area contributed by atoms with Crippen LogP contribution in [-0.4, -0.2) is 35.6 Å². The Bertz CT molecular complexity index is 1450. The summed E-state index contributed by atoms with van der Waals surface area (Å²) in [5.41, 5.74) is 4.20. The number of ether oxygens (including phenoxy) is 2. The molecule has 2 fully saturated rings. The van der Waals surface area contributed by atoms with Gasteiger partial charge in [-0.25, -0.2) is 14.2 Å². The fourth-order valence-corrected chi connectivity index (χ4v) is 6.12. The van der Waals surface area contributed by atoms with Gasteiger partial charge in [-0.05, 0) is 90.0 Å². The molecule has 42 heavy (non-hydrogen) atoms. The van der Waals surface area contributed by atoms with Gasteiger partial charge in [-0.15, -0.1) is 0 Å². The topological polar surface area (TPSA) is 68.2 Å². The number of halogens is 1. The smallest absolute Gasteiger partial charge is 0.345 e. The molecule has 1 atom stereocenters. The first kappa shape index (κ1) is 29.6. The Balaban J connectivity index is 1.17. The second-order valence-electron chi connectivity index (χ2n) is 10.5. The molecule has 0 bridgehead atoms. The highest BCUT2D eigenvalue weighted by Gasteiger charge is 2.30. The molecule has 218 valence electrons. The molecule has 1 amide bonds. The molecule has 1 saturated carbocycles. The molecule has 1 unspecified atom stereocenters. The van der Waals surface area contributed by atoms with Crippen LogP contribution in [0.1, 0.15) is 73.4 Å². The van der Waals surface area contributed by atoms with Crippen LogP contribution in [0.25, 0.3) is 6.08 Å². The number of hydrogen-bond acceptors (Lipinski definition) is 6. The number of hydrogen-bond donors (Lipinski definition) is 0. The van der Waals surface area contributed by atoms with E-state index in [0.717, 1.165) is 16.9 Å². The van der Waals surface area contributed by atoms with Crippen molar-refractivity contribution in [1.29, 1.82) is 0 Å². The number of aliphatic imine (C=N–C) groups is 1. The summed E-state index contributed by atoms with van der Waals surface area (Å²) in [5, 5.41) is 0.510. The van der Waals surface area contributed by atoms with E-state index < -0.39 is 12.1 Å². The fourth-order valence-electron chi connectivity index (χ4n) is 5.13. The largest absolute Gasteiger partial charge is 0.489 e. The fraction of sp³-hybridized carbons (Fsp3) is 0.324. The zero-order valence-corrected chi connectivity index (χ0v) is 24.7. The van der Waals surface area contributed by atoms with Gasteiger partial charge in [-0.2, -0.15) is 0 Å². The third kappa shape index (κ3) is 7.29. The number of amidine groups is 1. The molecule has 0 N–H and O–H groups in total. The van der Waals surface area contributed by atoms with Crippen LogP contribution in [-0.2, 0) is 20.9 Å². The maximum absolute atomic E-state index is 14.3. The Labute approximate surface area is 250 Å². The number of nitrogens with zero attached hydrogens (tertiary/aromatic N) is 2. The van der Waals surface area contributed by atoms with Gasteiger partial charge in [0.15, 0.2) is 5.17 Å².